The molecule has 1 N–H and O–H groups in total. The van der Waals surface area contributed by atoms with Crippen LogP contribution in [0, 0.1) is 12.3 Å². The number of methoxy groups -OCH3 is 1. The van der Waals surface area contributed by atoms with E-state index < -0.39 is 0 Å². The summed E-state index contributed by atoms with van der Waals surface area (Å²) >= 11 is 3.65. The predicted molar refractivity (Wildman–Crippen MR) is 114 cm³/mol. The van der Waals surface area contributed by atoms with Crippen molar-refractivity contribution in [1.29, 1.82) is 0 Å². The Labute approximate surface area is 172 Å². The Balaban J connectivity index is 1.90. The van der Waals surface area contributed by atoms with E-state index in [9.17, 15) is 4.79 Å². The molecule has 28 heavy (non-hydrogen) atoms. The molecule has 0 aliphatic carbocycles. The summed E-state index contributed by atoms with van der Waals surface area (Å²) in [5.74, 6) is 3.49. The van der Waals surface area contributed by atoms with Crippen LogP contribution < -0.4 is 14.8 Å². The molecule has 3 aromatic rings. The fraction of sp³-hybridized carbons (Fsp3) is 0.174. The van der Waals surface area contributed by atoms with Gasteiger partial charge in [0.15, 0.2) is 11.5 Å². The Morgan fingerprint density at radius 3 is 2.82 bits per heavy atom. The van der Waals surface area contributed by atoms with Crippen LogP contribution in [0.15, 0.2) is 53.0 Å². The topological polar surface area (TPSA) is 47.6 Å². The number of nitrogens with one attached hydrogen (secondary N) is 1. The first kappa shape index (κ1) is 18.4. The van der Waals surface area contributed by atoms with Crippen molar-refractivity contribution < 1.29 is 14.3 Å². The minimum absolute atomic E-state index is 0.00805. The van der Waals surface area contributed by atoms with Crippen molar-refractivity contribution in [3.63, 3.8) is 0 Å². The number of hydrogen-bond acceptors (Lipinski definition) is 3. The minimum Gasteiger partial charge on any atom is -0.493 e. The van der Waals surface area contributed by atoms with Crippen LogP contribution in [0.4, 0.5) is 5.69 Å². The van der Waals surface area contributed by atoms with E-state index in [4.69, 9.17) is 15.9 Å². The van der Waals surface area contributed by atoms with Crippen molar-refractivity contribution in [3.05, 3.63) is 64.1 Å². The van der Waals surface area contributed by atoms with Gasteiger partial charge in [0.25, 0.3) is 0 Å². The average molecular weight is 436 g/mol. The highest BCUT2D eigenvalue weighted by Crippen LogP contribution is 2.46. The average Bonchev–Trinajstić information content (AvgIpc) is 2.71. The van der Waals surface area contributed by atoms with Crippen LogP contribution >= 0.6 is 15.9 Å². The van der Waals surface area contributed by atoms with Gasteiger partial charge in [0.1, 0.15) is 6.61 Å². The van der Waals surface area contributed by atoms with Crippen LogP contribution in [-0.2, 0) is 4.79 Å². The molecule has 0 aromatic heterocycles. The number of anilines is 1. The number of terminal acetylenes is 1. The lowest BCUT2D eigenvalue weighted by atomic mass is 9.82. The molecule has 1 aliphatic heterocycles. The van der Waals surface area contributed by atoms with Gasteiger partial charge in [0.2, 0.25) is 5.91 Å². The lowest BCUT2D eigenvalue weighted by molar-refractivity contribution is -0.116. The number of halogens is 1. The predicted octanol–water partition coefficient (Wildman–Crippen LogP) is 5.10. The molecule has 0 fully saturated rings. The maximum absolute atomic E-state index is 12.4. The summed E-state index contributed by atoms with van der Waals surface area (Å²) in [5, 5.41) is 5.27. The molecule has 0 radical (unpaired) electrons. The van der Waals surface area contributed by atoms with Gasteiger partial charge in [0.05, 0.1) is 7.11 Å². The zero-order valence-electron chi connectivity index (χ0n) is 15.3. The standard InChI is InChI=1S/C23H18BrNO3/c1-3-10-28-21-13-18(24)16(11-20(21)27-2)17-12-22(26)25-19-9-8-14-6-4-5-7-15(14)23(17)19/h1,4-9,11,13,17H,10,12H2,2H3,(H,25,26)/t17-/m0/s1. The second kappa shape index (κ2) is 7.57. The molecule has 0 bridgehead atoms. The normalized spacial score (nSPS) is 15.5. The first-order chi connectivity index (χ1) is 13.6. The van der Waals surface area contributed by atoms with Crippen LogP contribution in [-0.4, -0.2) is 19.6 Å². The van der Waals surface area contributed by atoms with Gasteiger partial charge in [-0.05, 0) is 40.1 Å². The zero-order chi connectivity index (χ0) is 19.7. The maximum Gasteiger partial charge on any atom is 0.225 e. The van der Waals surface area contributed by atoms with E-state index in [1.807, 2.05) is 36.4 Å². The van der Waals surface area contributed by atoms with E-state index in [2.05, 4.69) is 39.3 Å². The highest BCUT2D eigenvalue weighted by Gasteiger charge is 2.30. The van der Waals surface area contributed by atoms with Crippen molar-refractivity contribution >= 4 is 38.3 Å². The van der Waals surface area contributed by atoms with Crippen molar-refractivity contribution in [1.82, 2.24) is 0 Å². The Morgan fingerprint density at radius 2 is 2.04 bits per heavy atom. The first-order valence-corrected chi connectivity index (χ1v) is 9.67. The molecule has 0 saturated heterocycles. The third-order valence-electron chi connectivity index (χ3n) is 4.95. The molecule has 0 spiro atoms. The van der Waals surface area contributed by atoms with Gasteiger partial charge >= 0.3 is 0 Å². The summed E-state index contributed by atoms with van der Waals surface area (Å²) in [7, 11) is 1.59. The molecule has 0 unspecified atom stereocenters. The van der Waals surface area contributed by atoms with Crippen molar-refractivity contribution in [2.45, 2.75) is 12.3 Å². The lowest BCUT2D eigenvalue weighted by Crippen LogP contribution is -2.24. The van der Waals surface area contributed by atoms with Crippen LogP contribution in [0.2, 0.25) is 0 Å². The molecular weight excluding hydrogens is 418 g/mol. The SMILES string of the molecule is C#CCOc1cc(Br)c([C@@H]2CC(=O)Nc3ccc4ccccc4c32)cc1OC. The summed E-state index contributed by atoms with van der Waals surface area (Å²) in [6, 6.07) is 16.0. The Kier molecular flexibility index (Phi) is 4.97. The minimum atomic E-state index is -0.111. The third-order valence-corrected chi connectivity index (χ3v) is 5.64. The van der Waals surface area contributed by atoms with Gasteiger partial charge in [-0.1, -0.05) is 52.2 Å². The van der Waals surface area contributed by atoms with E-state index in [1.54, 1.807) is 7.11 Å². The zero-order valence-corrected chi connectivity index (χ0v) is 16.9. The third kappa shape index (κ3) is 3.21. The number of fused-ring (bicyclic) bond motifs is 3. The number of amides is 1. The smallest absolute Gasteiger partial charge is 0.225 e. The van der Waals surface area contributed by atoms with Gasteiger partial charge in [-0.15, -0.1) is 6.42 Å². The molecule has 140 valence electrons. The van der Waals surface area contributed by atoms with Crippen molar-refractivity contribution in [2.24, 2.45) is 0 Å². The highest BCUT2D eigenvalue weighted by molar-refractivity contribution is 9.10. The Hall–Kier alpha value is -2.97. The number of carbonyl (C=O) groups is 1. The van der Waals surface area contributed by atoms with Gasteiger partial charge in [-0.3, -0.25) is 4.79 Å². The highest BCUT2D eigenvalue weighted by atomic mass is 79.9. The number of benzene rings is 3. The molecular formula is C23H18BrNO3. The van der Waals surface area contributed by atoms with Crippen LogP contribution in [0.5, 0.6) is 11.5 Å². The van der Waals surface area contributed by atoms with E-state index in [-0.39, 0.29) is 18.4 Å². The molecule has 1 heterocycles. The largest absolute Gasteiger partial charge is 0.493 e. The molecule has 1 atom stereocenters. The van der Waals surface area contributed by atoms with Gasteiger partial charge in [0, 0.05) is 22.5 Å². The van der Waals surface area contributed by atoms with Crippen LogP contribution in [0.1, 0.15) is 23.5 Å². The summed E-state index contributed by atoms with van der Waals surface area (Å²) in [5.41, 5.74) is 2.92. The first-order valence-electron chi connectivity index (χ1n) is 8.87. The number of rotatable bonds is 4. The quantitative estimate of drug-likeness (QED) is 0.580. The van der Waals surface area contributed by atoms with E-state index in [1.165, 1.54) is 0 Å². The molecule has 0 saturated carbocycles. The van der Waals surface area contributed by atoms with Gasteiger partial charge in [-0.25, -0.2) is 0 Å². The Bertz CT molecular complexity index is 1120. The second-order valence-electron chi connectivity index (χ2n) is 6.57. The monoisotopic (exact) mass is 435 g/mol. The summed E-state index contributed by atoms with van der Waals surface area (Å²) in [6.45, 7) is 0.154. The molecule has 3 aromatic carbocycles. The molecule has 4 nitrogen and oxygen atoms in total. The summed E-state index contributed by atoms with van der Waals surface area (Å²) in [4.78, 5) is 12.4. The lowest BCUT2D eigenvalue weighted by Gasteiger charge is -2.29. The molecule has 4 rings (SSSR count). The second-order valence-corrected chi connectivity index (χ2v) is 7.42. The number of hydrogen-bond donors (Lipinski definition) is 1. The van der Waals surface area contributed by atoms with Crippen molar-refractivity contribution in [2.75, 3.05) is 19.0 Å². The summed E-state index contributed by atoms with van der Waals surface area (Å²) < 4.78 is 12.0. The fourth-order valence-electron chi connectivity index (χ4n) is 3.74. The van der Waals surface area contributed by atoms with Gasteiger partial charge < -0.3 is 14.8 Å². The van der Waals surface area contributed by atoms with E-state index >= 15 is 0 Å². The number of carbonyl (C=O) groups excluding carboxylic acids is 1. The van der Waals surface area contributed by atoms with E-state index in [0.717, 1.165) is 32.1 Å². The van der Waals surface area contributed by atoms with Crippen molar-refractivity contribution in [3.8, 4) is 23.8 Å². The van der Waals surface area contributed by atoms with Crippen LogP contribution in [0.3, 0.4) is 0 Å². The van der Waals surface area contributed by atoms with Gasteiger partial charge in [-0.2, -0.15) is 0 Å². The Morgan fingerprint density at radius 1 is 1.21 bits per heavy atom. The van der Waals surface area contributed by atoms with Crippen LogP contribution in [0.25, 0.3) is 10.8 Å². The maximum atomic E-state index is 12.4. The molecule has 5 heteroatoms. The van der Waals surface area contributed by atoms with E-state index in [0.29, 0.717) is 17.9 Å². The summed E-state index contributed by atoms with van der Waals surface area (Å²) in [6.07, 6.45) is 5.66. The fourth-order valence-corrected chi connectivity index (χ4v) is 4.34. The number of ether oxygens (including phenoxy) is 2. The molecule has 1 amide bonds. The molecule has 1 aliphatic rings.